The summed E-state index contributed by atoms with van der Waals surface area (Å²) in [5, 5.41) is 7.51. The normalized spacial score (nSPS) is 16.0. The van der Waals surface area contributed by atoms with E-state index in [0.29, 0.717) is 18.5 Å². The van der Waals surface area contributed by atoms with E-state index in [0.717, 1.165) is 12.2 Å². The first-order chi connectivity index (χ1) is 9.40. The number of rotatable bonds is 5. The molecule has 3 rings (SSSR count). The fourth-order valence-electron chi connectivity index (χ4n) is 2.57. The van der Waals surface area contributed by atoms with Gasteiger partial charge in [-0.2, -0.15) is 4.98 Å². The molecule has 1 saturated carbocycles. The van der Waals surface area contributed by atoms with Crippen LogP contribution in [-0.4, -0.2) is 16.2 Å². The van der Waals surface area contributed by atoms with Crippen molar-refractivity contribution in [2.24, 2.45) is 0 Å². The monoisotopic (exact) mass is 257 g/mol. The summed E-state index contributed by atoms with van der Waals surface area (Å²) in [5.41, 5.74) is 1.21. The van der Waals surface area contributed by atoms with Crippen LogP contribution in [0.15, 0.2) is 34.9 Å². The van der Waals surface area contributed by atoms with Crippen molar-refractivity contribution < 1.29 is 4.52 Å². The van der Waals surface area contributed by atoms with E-state index in [-0.39, 0.29) is 0 Å². The van der Waals surface area contributed by atoms with Gasteiger partial charge in [0.1, 0.15) is 0 Å². The van der Waals surface area contributed by atoms with E-state index < -0.39 is 0 Å². The van der Waals surface area contributed by atoms with Gasteiger partial charge < -0.3 is 9.84 Å². The molecule has 0 bridgehead atoms. The van der Waals surface area contributed by atoms with Crippen LogP contribution in [0.4, 0.5) is 0 Å². The maximum absolute atomic E-state index is 5.27. The zero-order chi connectivity index (χ0) is 12.9. The van der Waals surface area contributed by atoms with Crippen molar-refractivity contribution in [2.75, 3.05) is 0 Å². The summed E-state index contributed by atoms with van der Waals surface area (Å²) in [6, 6.07) is 10.8. The van der Waals surface area contributed by atoms with E-state index in [2.05, 4.69) is 27.6 Å². The molecule has 0 atom stereocenters. The smallest absolute Gasteiger partial charge is 0.240 e. The van der Waals surface area contributed by atoms with Gasteiger partial charge in [-0.3, -0.25) is 0 Å². The highest BCUT2D eigenvalue weighted by Gasteiger charge is 2.15. The molecule has 0 saturated heterocycles. The van der Waals surface area contributed by atoms with Crippen LogP contribution in [0.1, 0.15) is 43.0 Å². The van der Waals surface area contributed by atoms with Gasteiger partial charge in [0, 0.05) is 12.5 Å². The molecule has 0 aliphatic heterocycles. The molecule has 1 N–H and O–H groups in total. The third kappa shape index (κ3) is 3.41. The molecule has 1 aromatic heterocycles. The van der Waals surface area contributed by atoms with Crippen LogP contribution >= 0.6 is 0 Å². The highest BCUT2D eigenvalue weighted by Crippen LogP contribution is 2.18. The van der Waals surface area contributed by atoms with Gasteiger partial charge in [-0.15, -0.1) is 0 Å². The lowest BCUT2D eigenvalue weighted by molar-refractivity contribution is 0.353. The molecule has 1 aliphatic carbocycles. The van der Waals surface area contributed by atoms with Crippen molar-refractivity contribution >= 4 is 0 Å². The first kappa shape index (κ1) is 12.4. The molecule has 0 amide bonds. The SMILES string of the molecule is c1ccc(Cc2noc(CNC3CCCC3)n2)cc1. The Morgan fingerprint density at radius 3 is 2.74 bits per heavy atom. The fourth-order valence-corrected chi connectivity index (χ4v) is 2.57. The van der Waals surface area contributed by atoms with Crippen molar-refractivity contribution in [3.63, 3.8) is 0 Å². The lowest BCUT2D eigenvalue weighted by atomic mass is 10.1. The van der Waals surface area contributed by atoms with Crippen molar-refractivity contribution in [3.05, 3.63) is 47.6 Å². The summed E-state index contributed by atoms with van der Waals surface area (Å²) in [6.07, 6.45) is 5.94. The molecular weight excluding hydrogens is 238 g/mol. The quantitative estimate of drug-likeness (QED) is 0.894. The Morgan fingerprint density at radius 2 is 1.95 bits per heavy atom. The molecule has 100 valence electrons. The van der Waals surface area contributed by atoms with Gasteiger partial charge in [0.05, 0.1) is 6.54 Å². The Bertz CT molecular complexity index is 503. The zero-order valence-corrected chi connectivity index (χ0v) is 11.0. The zero-order valence-electron chi connectivity index (χ0n) is 11.0. The number of hydrogen-bond acceptors (Lipinski definition) is 4. The van der Waals surface area contributed by atoms with Crippen LogP contribution in [0.3, 0.4) is 0 Å². The Labute approximate surface area is 113 Å². The van der Waals surface area contributed by atoms with Gasteiger partial charge >= 0.3 is 0 Å². The van der Waals surface area contributed by atoms with Crippen LogP contribution in [0.5, 0.6) is 0 Å². The topological polar surface area (TPSA) is 51.0 Å². The van der Waals surface area contributed by atoms with E-state index in [1.807, 2.05) is 18.2 Å². The molecule has 1 fully saturated rings. The van der Waals surface area contributed by atoms with Gasteiger partial charge in [0.25, 0.3) is 0 Å². The molecule has 2 aromatic rings. The summed E-state index contributed by atoms with van der Waals surface area (Å²) < 4.78 is 5.27. The first-order valence-electron chi connectivity index (χ1n) is 6.99. The molecular formula is C15H19N3O. The Kier molecular flexibility index (Phi) is 3.89. The van der Waals surface area contributed by atoms with Crippen LogP contribution in [0, 0.1) is 0 Å². The Balaban J connectivity index is 1.54. The fraction of sp³-hybridized carbons (Fsp3) is 0.467. The van der Waals surface area contributed by atoms with Crippen molar-refractivity contribution in [3.8, 4) is 0 Å². The highest BCUT2D eigenvalue weighted by atomic mass is 16.5. The third-order valence-corrected chi connectivity index (χ3v) is 3.61. The largest absolute Gasteiger partial charge is 0.338 e. The van der Waals surface area contributed by atoms with Crippen LogP contribution in [-0.2, 0) is 13.0 Å². The highest BCUT2D eigenvalue weighted by molar-refractivity contribution is 5.18. The lowest BCUT2D eigenvalue weighted by Gasteiger charge is -2.08. The molecule has 4 nitrogen and oxygen atoms in total. The van der Waals surface area contributed by atoms with Crippen molar-refractivity contribution in [1.29, 1.82) is 0 Å². The second-order valence-electron chi connectivity index (χ2n) is 5.13. The minimum Gasteiger partial charge on any atom is -0.338 e. The summed E-state index contributed by atoms with van der Waals surface area (Å²) in [4.78, 5) is 4.43. The first-order valence-corrected chi connectivity index (χ1v) is 6.99. The van der Waals surface area contributed by atoms with Gasteiger partial charge in [-0.25, -0.2) is 0 Å². The van der Waals surface area contributed by atoms with E-state index >= 15 is 0 Å². The molecule has 1 aliphatic rings. The average molecular weight is 257 g/mol. The lowest BCUT2D eigenvalue weighted by Crippen LogP contribution is -2.25. The maximum Gasteiger partial charge on any atom is 0.240 e. The molecule has 1 aromatic carbocycles. The van der Waals surface area contributed by atoms with E-state index in [9.17, 15) is 0 Å². The summed E-state index contributed by atoms with van der Waals surface area (Å²) in [6.45, 7) is 0.687. The van der Waals surface area contributed by atoms with Gasteiger partial charge in [0.15, 0.2) is 5.82 Å². The predicted molar refractivity (Wildman–Crippen MR) is 72.6 cm³/mol. The van der Waals surface area contributed by atoms with Crippen molar-refractivity contribution in [2.45, 2.75) is 44.7 Å². The Morgan fingerprint density at radius 1 is 1.16 bits per heavy atom. The summed E-state index contributed by atoms with van der Waals surface area (Å²) >= 11 is 0. The molecule has 1 heterocycles. The third-order valence-electron chi connectivity index (χ3n) is 3.61. The van der Waals surface area contributed by atoms with E-state index in [1.54, 1.807) is 0 Å². The van der Waals surface area contributed by atoms with Crippen LogP contribution in [0.2, 0.25) is 0 Å². The van der Waals surface area contributed by atoms with Gasteiger partial charge in [-0.1, -0.05) is 48.3 Å². The summed E-state index contributed by atoms with van der Waals surface area (Å²) in [7, 11) is 0. The van der Waals surface area contributed by atoms with Crippen molar-refractivity contribution in [1.82, 2.24) is 15.5 Å². The number of aromatic nitrogens is 2. The summed E-state index contributed by atoms with van der Waals surface area (Å²) in [5.74, 6) is 1.45. The number of nitrogens with zero attached hydrogens (tertiary/aromatic N) is 2. The molecule has 0 radical (unpaired) electrons. The minimum atomic E-state index is 0.629. The standard InChI is InChI=1S/C15H19N3O/c1-2-6-12(7-3-1)10-14-17-15(19-18-14)11-16-13-8-4-5-9-13/h1-3,6-7,13,16H,4-5,8-11H2. The minimum absolute atomic E-state index is 0.629. The van der Waals surface area contributed by atoms with E-state index in [1.165, 1.54) is 31.2 Å². The Hall–Kier alpha value is -1.68. The second-order valence-corrected chi connectivity index (χ2v) is 5.13. The molecule has 0 unspecified atom stereocenters. The molecule has 0 spiro atoms. The number of hydrogen-bond donors (Lipinski definition) is 1. The molecule has 4 heteroatoms. The van der Waals surface area contributed by atoms with Crippen LogP contribution in [0.25, 0.3) is 0 Å². The average Bonchev–Trinajstić information content (AvgIpc) is 3.09. The molecule has 19 heavy (non-hydrogen) atoms. The predicted octanol–water partition coefficient (Wildman–Crippen LogP) is 2.69. The second kappa shape index (κ2) is 5.97. The maximum atomic E-state index is 5.27. The van der Waals surface area contributed by atoms with Gasteiger partial charge in [-0.05, 0) is 18.4 Å². The van der Waals surface area contributed by atoms with Gasteiger partial charge in [0.2, 0.25) is 5.89 Å². The number of nitrogens with one attached hydrogen (secondary N) is 1. The van der Waals surface area contributed by atoms with E-state index in [4.69, 9.17) is 4.52 Å². The van der Waals surface area contributed by atoms with Crippen LogP contribution < -0.4 is 5.32 Å². The number of benzene rings is 1.